The van der Waals surface area contributed by atoms with Crippen molar-refractivity contribution in [1.29, 1.82) is 0 Å². The number of aliphatic hydroxyl groups excluding tert-OH is 1. The fraction of sp³-hybridized carbons (Fsp3) is 0.429. The summed E-state index contributed by atoms with van der Waals surface area (Å²) in [6, 6.07) is 4.45. The van der Waals surface area contributed by atoms with Crippen LogP contribution in [0.25, 0.3) is 16.9 Å². The fourth-order valence-electron chi connectivity index (χ4n) is 3.04. The van der Waals surface area contributed by atoms with E-state index >= 15 is 0 Å². The van der Waals surface area contributed by atoms with Gasteiger partial charge >= 0.3 is 0 Å². The lowest BCUT2D eigenvalue weighted by atomic mass is 10.2. The molecule has 0 amide bonds. The van der Waals surface area contributed by atoms with Crippen molar-refractivity contribution in [3.05, 3.63) is 36.5 Å². The molecule has 0 spiro atoms. The first-order chi connectivity index (χ1) is 14.4. The lowest BCUT2D eigenvalue weighted by Crippen LogP contribution is -2.28. The van der Waals surface area contributed by atoms with Crippen LogP contribution in [0.2, 0.25) is 0 Å². The monoisotopic (exact) mass is 450 g/mol. The second-order valence-corrected chi connectivity index (χ2v) is 11.0. The molecule has 3 rings (SSSR count). The standard InChI is InChI=1S/C21H27FN4O4S/c1-13(27)6-7-23-19-9-14(8-18(22)25-19)15-11-24-20-10-16(30-5)17(12-26(15)20)31(28,29)21(2,3)4/h8-13,27H,6-7H2,1-5H3,(H,23,25). The molecule has 8 nitrogen and oxygen atoms in total. The molecule has 3 heterocycles. The highest BCUT2D eigenvalue weighted by atomic mass is 32.2. The summed E-state index contributed by atoms with van der Waals surface area (Å²) in [6.45, 7) is 6.94. The maximum Gasteiger partial charge on any atom is 0.215 e. The number of aromatic nitrogens is 3. The van der Waals surface area contributed by atoms with Gasteiger partial charge in [-0.3, -0.25) is 4.40 Å². The third-order valence-electron chi connectivity index (χ3n) is 4.85. The molecule has 31 heavy (non-hydrogen) atoms. The zero-order valence-electron chi connectivity index (χ0n) is 18.2. The number of halogens is 1. The summed E-state index contributed by atoms with van der Waals surface area (Å²) >= 11 is 0. The molecule has 2 N–H and O–H groups in total. The number of nitrogens with one attached hydrogen (secondary N) is 1. The highest BCUT2D eigenvalue weighted by Gasteiger charge is 2.34. The van der Waals surface area contributed by atoms with Crippen molar-refractivity contribution < 1.29 is 22.7 Å². The Kier molecular flexibility index (Phi) is 6.24. The van der Waals surface area contributed by atoms with Crippen molar-refractivity contribution in [2.24, 2.45) is 0 Å². The van der Waals surface area contributed by atoms with Crippen LogP contribution in [0, 0.1) is 5.95 Å². The molecular formula is C21H27FN4O4S. The van der Waals surface area contributed by atoms with Gasteiger partial charge < -0.3 is 15.2 Å². The average molecular weight is 451 g/mol. The third-order valence-corrected chi connectivity index (χ3v) is 7.35. The van der Waals surface area contributed by atoms with Crippen LogP contribution >= 0.6 is 0 Å². The van der Waals surface area contributed by atoms with E-state index in [1.165, 1.54) is 25.6 Å². The molecule has 3 aromatic rings. The van der Waals surface area contributed by atoms with Crippen LogP contribution in [-0.4, -0.2) is 52.4 Å². The molecule has 0 aliphatic rings. The van der Waals surface area contributed by atoms with E-state index in [0.29, 0.717) is 35.7 Å². The Hall–Kier alpha value is -2.72. The number of rotatable bonds is 7. The zero-order chi connectivity index (χ0) is 23.0. The molecule has 168 valence electrons. The summed E-state index contributed by atoms with van der Waals surface area (Å²) in [5.74, 6) is -0.189. The number of fused-ring (bicyclic) bond motifs is 1. The lowest BCUT2D eigenvalue weighted by Gasteiger charge is -2.21. The smallest absolute Gasteiger partial charge is 0.215 e. The topological polar surface area (TPSA) is 106 Å². The molecular weight excluding hydrogens is 423 g/mol. The number of sulfone groups is 1. The molecule has 0 fully saturated rings. The normalized spacial score (nSPS) is 13.4. The van der Waals surface area contributed by atoms with Crippen LogP contribution in [0.15, 0.2) is 35.5 Å². The van der Waals surface area contributed by atoms with Crippen molar-refractivity contribution in [1.82, 2.24) is 14.4 Å². The quantitative estimate of drug-likeness (QED) is 0.532. The molecule has 0 aliphatic carbocycles. The van der Waals surface area contributed by atoms with E-state index in [1.54, 1.807) is 44.2 Å². The highest BCUT2D eigenvalue weighted by molar-refractivity contribution is 7.92. The Bertz CT molecular complexity index is 1200. The van der Waals surface area contributed by atoms with Crippen LogP contribution in [0.4, 0.5) is 10.2 Å². The van der Waals surface area contributed by atoms with E-state index in [2.05, 4.69) is 15.3 Å². The van der Waals surface area contributed by atoms with E-state index in [4.69, 9.17) is 4.74 Å². The van der Waals surface area contributed by atoms with E-state index in [9.17, 15) is 17.9 Å². The maximum absolute atomic E-state index is 14.2. The van der Waals surface area contributed by atoms with Gasteiger partial charge in [0.05, 0.1) is 29.9 Å². The summed E-state index contributed by atoms with van der Waals surface area (Å²) in [4.78, 5) is 8.18. The van der Waals surface area contributed by atoms with Gasteiger partial charge in [0.25, 0.3) is 0 Å². The highest BCUT2D eigenvalue weighted by Crippen LogP contribution is 2.34. The summed E-state index contributed by atoms with van der Waals surface area (Å²) in [5, 5.41) is 12.4. The number of anilines is 1. The van der Waals surface area contributed by atoms with Crippen molar-refractivity contribution >= 4 is 21.3 Å². The van der Waals surface area contributed by atoms with Gasteiger partial charge in [-0.1, -0.05) is 0 Å². The molecule has 10 heteroatoms. The molecule has 0 saturated heterocycles. The Morgan fingerprint density at radius 3 is 2.61 bits per heavy atom. The van der Waals surface area contributed by atoms with E-state index in [-0.39, 0.29) is 10.6 Å². The summed E-state index contributed by atoms with van der Waals surface area (Å²) in [5.41, 5.74) is 1.44. The largest absolute Gasteiger partial charge is 0.495 e. The minimum atomic E-state index is -3.72. The molecule has 0 radical (unpaired) electrons. The summed E-state index contributed by atoms with van der Waals surface area (Å²) < 4.78 is 46.3. The van der Waals surface area contributed by atoms with Gasteiger partial charge in [-0.2, -0.15) is 4.39 Å². The molecule has 0 bridgehead atoms. The maximum atomic E-state index is 14.2. The molecule has 1 atom stereocenters. The van der Waals surface area contributed by atoms with Crippen molar-refractivity contribution in [2.75, 3.05) is 19.0 Å². The predicted octanol–water partition coefficient (Wildman–Crippen LogP) is 3.30. The fourth-order valence-corrected chi connectivity index (χ4v) is 4.35. The van der Waals surface area contributed by atoms with Gasteiger partial charge in [-0.25, -0.2) is 18.4 Å². The number of pyridine rings is 2. The molecule has 0 saturated carbocycles. The lowest BCUT2D eigenvalue weighted by molar-refractivity contribution is 0.188. The number of imidazole rings is 1. The van der Waals surface area contributed by atoms with Crippen molar-refractivity contribution in [3.63, 3.8) is 0 Å². The first-order valence-electron chi connectivity index (χ1n) is 9.83. The Balaban J connectivity index is 2.12. The number of nitrogens with zero attached hydrogens (tertiary/aromatic N) is 3. The van der Waals surface area contributed by atoms with Crippen LogP contribution in [0.1, 0.15) is 34.1 Å². The second kappa shape index (κ2) is 8.43. The molecule has 0 aromatic carbocycles. The van der Waals surface area contributed by atoms with Crippen molar-refractivity contribution in [2.45, 2.75) is 49.9 Å². The Morgan fingerprint density at radius 2 is 2.00 bits per heavy atom. The first-order valence-corrected chi connectivity index (χ1v) is 11.3. The van der Waals surface area contributed by atoms with Crippen LogP contribution < -0.4 is 10.1 Å². The summed E-state index contributed by atoms with van der Waals surface area (Å²) in [6.07, 6.45) is 2.99. The number of ether oxygens (including phenoxy) is 1. The first kappa shape index (κ1) is 23.0. The van der Waals surface area contributed by atoms with Gasteiger partial charge in [0.15, 0.2) is 9.84 Å². The van der Waals surface area contributed by atoms with Gasteiger partial charge in [-0.05, 0) is 40.2 Å². The van der Waals surface area contributed by atoms with E-state index < -0.39 is 26.6 Å². The molecule has 1 unspecified atom stereocenters. The minimum Gasteiger partial charge on any atom is -0.495 e. The third kappa shape index (κ3) is 4.64. The van der Waals surface area contributed by atoms with E-state index in [0.717, 1.165) is 0 Å². The number of hydrogen-bond donors (Lipinski definition) is 2. The second-order valence-electron chi connectivity index (χ2n) is 8.32. The summed E-state index contributed by atoms with van der Waals surface area (Å²) in [7, 11) is -2.32. The average Bonchev–Trinajstić information content (AvgIpc) is 3.08. The van der Waals surface area contributed by atoms with Gasteiger partial charge in [-0.15, -0.1) is 0 Å². The molecule has 3 aromatic heterocycles. The van der Waals surface area contributed by atoms with Crippen LogP contribution in [-0.2, 0) is 9.84 Å². The zero-order valence-corrected chi connectivity index (χ0v) is 19.0. The Morgan fingerprint density at radius 1 is 1.29 bits per heavy atom. The SMILES string of the molecule is COc1cc2ncc(-c3cc(F)nc(NCCC(C)O)c3)n2cc1S(=O)(=O)C(C)(C)C. The van der Waals surface area contributed by atoms with Crippen LogP contribution in [0.5, 0.6) is 5.75 Å². The van der Waals surface area contributed by atoms with Crippen LogP contribution in [0.3, 0.4) is 0 Å². The number of methoxy groups -OCH3 is 1. The number of aliphatic hydroxyl groups is 1. The molecule has 0 aliphatic heterocycles. The van der Waals surface area contributed by atoms with Gasteiger partial charge in [0.2, 0.25) is 5.95 Å². The van der Waals surface area contributed by atoms with E-state index in [1.807, 2.05) is 0 Å². The Labute approximate surface area is 181 Å². The number of hydrogen-bond acceptors (Lipinski definition) is 7. The predicted molar refractivity (Wildman–Crippen MR) is 117 cm³/mol. The van der Waals surface area contributed by atoms with Crippen molar-refractivity contribution in [3.8, 4) is 17.0 Å². The van der Waals surface area contributed by atoms with Gasteiger partial charge in [0.1, 0.15) is 22.1 Å². The minimum absolute atomic E-state index is 0.0269. The van der Waals surface area contributed by atoms with Gasteiger partial charge in [0, 0.05) is 30.4 Å².